The molecule has 184 valence electrons. The van der Waals surface area contributed by atoms with Crippen LogP contribution in [0.15, 0.2) is 30.3 Å². The van der Waals surface area contributed by atoms with Crippen molar-refractivity contribution in [3.05, 3.63) is 35.9 Å². The molecule has 0 fully saturated rings. The minimum absolute atomic E-state index is 0.134. The van der Waals surface area contributed by atoms with E-state index < -0.39 is 5.41 Å². The van der Waals surface area contributed by atoms with Crippen molar-refractivity contribution in [1.29, 1.82) is 0 Å². The van der Waals surface area contributed by atoms with E-state index in [1.807, 2.05) is 30.3 Å². The molecule has 4 nitrogen and oxygen atoms in total. The molecular weight excluding hydrogens is 398 g/mol. The van der Waals surface area contributed by atoms with Gasteiger partial charge in [-0.25, -0.2) is 0 Å². The van der Waals surface area contributed by atoms with Crippen molar-refractivity contribution in [3.63, 3.8) is 0 Å². The molecule has 32 heavy (non-hydrogen) atoms. The van der Waals surface area contributed by atoms with Gasteiger partial charge >= 0.3 is 5.97 Å². The Labute approximate surface area is 198 Å². The SMILES string of the molecule is CCCCCCN(CCCCCC)CCOCCOC(=O)C(CC)(CC)c1ccccc1. The summed E-state index contributed by atoms with van der Waals surface area (Å²) >= 11 is 0. The standard InChI is InChI=1S/C28H49NO3/c1-5-9-11-16-20-29(21-17-12-10-6-2)22-23-31-24-25-32-27(30)28(7-3,8-4)26-18-14-13-15-19-26/h13-15,18-19H,5-12,16-17,20-25H2,1-4H3. The van der Waals surface area contributed by atoms with Crippen LogP contribution in [0.4, 0.5) is 0 Å². The lowest BCUT2D eigenvalue weighted by molar-refractivity contribution is -0.152. The highest BCUT2D eigenvalue weighted by molar-refractivity contribution is 5.83. The fourth-order valence-corrected chi connectivity index (χ4v) is 4.31. The predicted molar refractivity (Wildman–Crippen MR) is 135 cm³/mol. The van der Waals surface area contributed by atoms with E-state index in [9.17, 15) is 4.79 Å². The second-order valence-corrected chi connectivity index (χ2v) is 8.87. The number of hydrogen-bond acceptors (Lipinski definition) is 4. The molecule has 4 heteroatoms. The normalized spacial score (nSPS) is 11.8. The van der Waals surface area contributed by atoms with Crippen LogP contribution < -0.4 is 0 Å². The molecule has 0 amide bonds. The van der Waals surface area contributed by atoms with Gasteiger partial charge in [0.05, 0.1) is 18.6 Å². The maximum absolute atomic E-state index is 12.9. The third-order valence-electron chi connectivity index (χ3n) is 6.59. The molecule has 0 spiro atoms. The summed E-state index contributed by atoms with van der Waals surface area (Å²) in [7, 11) is 0. The van der Waals surface area contributed by atoms with Crippen LogP contribution in [0.25, 0.3) is 0 Å². The molecule has 0 aromatic heterocycles. The number of benzene rings is 1. The van der Waals surface area contributed by atoms with Gasteiger partial charge in [-0.15, -0.1) is 0 Å². The highest BCUT2D eigenvalue weighted by Crippen LogP contribution is 2.33. The first-order valence-electron chi connectivity index (χ1n) is 13.2. The van der Waals surface area contributed by atoms with E-state index in [2.05, 4.69) is 32.6 Å². The zero-order valence-electron chi connectivity index (χ0n) is 21.4. The average molecular weight is 448 g/mol. The molecule has 0 saturated heterocycles. The van der Waals surface area contributed by atoms with Gasteiger partial charge in [0.15, 0.2) is 0 Å². The van der Waals surface area contributed by atoms with Crippen LogP contribution in [0.1, 0.15) is 97.5 Å². The molecule has 0 atom stereocenters. The third-order valence-corrected chi connectivity index (χ3v) is 6.59. The fraction of sp³-hybridized carbons (Fsp3) is 0.750. The molecule has 0 radical (unpaired) electrons. The molecule has 1 rings (SSSR count). The average Bonchev–Trinajstić information content (AvgIpc) is 2.83. The van der Waals surface area contributed by atoms with Crippen molar-refractivity contribution in [3.8, 4) is 0 Å². The van der Waals surface area contributed by atoms with Crippen molar-refractivity contribution in [2.45, 2.75) is 97.3 Å². The molecule has 0 unspecified atom stereocenters. The lowest BCUT2D eigenvalue weighted by atomic mass is 9.76. The molecule has 0 heterocycles. The van der Waals surface area contributed by atoms with Crippen molar-refractivity contribution in [2.24, 2.45) is 0 Å². The van der Waals surface area contributed by atoms with Crippen LogP contribution in [0.3, 0.4) is 0 Å². The van der Waals surface area contributed by atoms with E-state index in [0.717, 1.165) is 38.0 Å². The van der Waals surface area contributed by atoms with Gasteiger partial charge in [-0.2, -0.15) is 0 Å². The van der Waals surface area contributed by atoms with E-state index in [1.165, 1.54) is 51.4 Å². The number of esters is 1. The predicted octanol–water partition coefficient (Wildman–Crippen LogP) is 6.77. The van der Waals surface area contributed by atoms with Crippen LogP contribution in [0.5, 0.6) is 0 Å². The zero-order chi connectivity index (χ0) is 23.5. The maximum atomic E-state index is 12.9. The lowest BCUT2D eigenvalue weighted by Gasteiger charge is -2.29. The summed E-state index contributed by atoms with van der Waals surface area (Å²) < 4.78 is 11.5. The Morgan fingerprint density at radius 2 is 1.34 bits per heavy atom. The number of carbonyl (C=O) groups excluding carboxylic acids is 1. The molecule has 0 aliphatic heterocycles. The molecule has 0 N–H and O–H groups in total. The van der Waals surface area contributed by atoms with Gasteiger partial charge in [0.25, 0.3) is 0 Å². The Bertz CT molecular complexity index is 559. The zero-order valence-corrected chi connectivity index (χ0v) is 21.4. The molecular formula is C28H49NO3. The van der Waals surface area contributed by atoms with Gasteiger partial charge < -0.3 is 14.4 Å². The molecule has 0 bridgehead atoms. The van der Waals surface area contributed by atoms with E-state index in [1.54, 1.807) is 0 Å². The van der Waals surface area contributed by atoms with Crippen LogP contribution >= 0.6 is 0 Å². The topological polar surface area (TPSA) is 38.8 Å². The van der Waals surface area contributed by atoms with Crippen LogP contribution in [-0.4, -0.2) is 50.3 Å². The Balaban J connectivity index is 2.36. The van der Waals surface area contributed by atoms with Gasteiger partial charge in [-0.1, -0.05) is 96.6 Å². The molecule has 1 aromatic rings. The summed E-state index contributed by atoms with van der Waals surface area (Å²) in [6.07, 6.45) is 11.9. The van der Waals surface area contributed by atoms with E-state index >= 15 is 0 Å². The molecule has 0 saturated carbocycles. The number of rotatable bonds is 20. The first-order chi connectivity index (χ1) is 15.6. The van der Waals surface area contributed by atoms with Crippen LogP contribution in [-0.2, 0) is 19.7 Å². The summed E-state index contributed by atoms with van der Waals surface area (Å²) in [6.45, 7) is 13.4. The van der Waals surface area contributed by atoms with Crippen LogP contribution in [0, 0.1) is 0 Å². The largest absolute Gasteiger partial charge is 0.463 e. The van der Waals surface area contributed by atoms with Gasteiger partial charge in [0.2, 0.25) is 0 Å². The van der Waals surface area contributed by atoms with Crippen molar-refractivity contribution >= 4 is 5.97 Å². The summed E-state index contributed by atoms with van der Waals surface area (Å²) in [5.41, 5.74) is 0.479. The first-order valence-corrected chi connectivity index (χ1v) is 13.2. The Morgan fingerprint density at radius 1 is 0.750 bits per heavy atom. The van der Waals surface area contributed by atoms with E-state index in [-0.39, 0.29) is 5.97 Å². The Hall–Kier alpha value is -1.39. The van der Waals surface area contributed by atoms with Crippen LogP contribution in [0.2, 0.25) is 0 Å². The van der Waals surface area contributed by atoms with Gasteiger partial charge in [0, 0.05) is 6.54 Å². The number of ether oxygens (including phenoxy) is 2. The Kier molecular flexibility index (Phi) is 16.2. The summed E-state index contributed by atoms with van der Waals surface area (Å²) in [5, 5.41) is 0. The van der Waals surface area contributed by atoms with Gasteiger partial charge in [0.1, 0.15) is 6.61 Å². The van der Waals surface area contributed by atoms with Gasteiger partial charge in [-0.05, 0) is 44.3 Å². The lowest BCUT2D eigenvalue weighted by Crippen LogP contribution is -2.37. The monoisotopic (exact) mass is 447 g/mol. The smallest absolute Gasteiger partial charge is 0.316 e. The van der Waals surface area contributed by atoms with E-state index in [0.29, 0.717) is 19.8 Å². The minimum Gasteiger partial charge on any atom is -0.463 e. The number of unbranched alkanes of at least 4 members (excludes halogenated alkanes) is 6. The second-order valence-electron chi connectivity index (χ2n) is 8.87. The highest BCUT2D eigenvalue weighted by Gasteiger charge is 2.38. The number of carbonyl (C=O) groups is 1. The number of hydrogen-bond donors (Lipinski definition) is 0. The fourth-order valence-electron chi connectivity index (χ4n) is 4.31. The van der Waals surface area contributed by atoms with E-state index in [4.69, 9.17) is 9.47 Å². The minimum atomic E-state index is -0.560. The second kappa shape index (κ2) is 18.1. The summed E-state index contributed by atoms with van der Waals surface area (Å²) in [6, 6.07) is 10.0. The summed E-state index contributed by atoms with van der Waals surface area (Å²) in [4.78, 5) is 15.5. The van der Waals surface area contributed by atoms with Gasteiger partial charge in [-0.3, -0.25) is 4.79 Å². The Morgan fingerprint density at radius 3 is 1.88 bits per heavy atom. The molecule has 0 aliphatic rings. The highest BCUT2D eigenvalue weighted by atomic mass is 16.6. The first kappa shape index (κ1) is 28.6. The molecule has 0 aliphatic carbocycles. The van der Waals surface area contributed by atoms with Crippen molar-refractivity contribution in [1.82, 2.24) is 4.90 Å². The maximum Gasteiger partial charge on any atom is 0.316 e. The van der Waals surface area contributed by atoms with Crippen molar-refractivity contribution < 1.29 is 14.3 Å². The molecule has 1 aromatic carbocycles. The third kappa shape index (κ3) is 10.5. The number of nitrogens with zero attached hydrogens (tertiary/aromatic N) is 1. The quantitative estimate of drug-likeness (QED) is 0.163. The summed E-state index contributed by atoms with van der Waals surface area (Å²) in [5.74, 6) is -0.134. The van der Waals surface area contributed by atoms with Crippen molar-refractivity contribution in [2.75, 3.05) is 39.5 Å².